The van der Waals surface area contributed by atoms with Crippen LogP contribution < -0.4 is 5.32 Å². The van der Waals surface area contributed by atoms with Crippen molar-refractivity contribution in [2.75, 3.05) is 11.1 Å². The first-order valence-electron chi connectivity index (χ1n) is 7.27. The highest BCUT2D eigenvalue weighted by Gasteiger charge is 2.13. The van der Waals surface area contributed by atoms with E-state index in [4.69, 9.17) is 0 Å². The third-order valence-corrected chi connectivity index (χ3v) is 4.94. The van der Waals surface area contributed by atoms with Crippen molar-refractivity contribution in [3.63, 3.8) is 0 Å². The number of nitrogens with one attached hydrogen (secondary N) is 1. The molecule has 2 heterocycles. The average Bonchev–Trinajstić information content (AvgIpc) is 3.24. The maximum atomic E-state index is 12.0. The second-order valence-electron chi connectivity index (χ2n) is 4.94. The summed E-state index contributed by atoms with van der Waals surface area (Å²) < 4.78 is 1.93. The van der Waals surface area contributed by atoms with Gasteiger partial charge in [0.15, 0.2) is 10.3 Å². The molecule has 1 aromatic carbocycles. The van der Waals surface area contributed by atoms with Gasteiger partial charge in [0.1, 0.15) is 0 Å². The summed E-state index contributed by atoms with van der Waals surface area (Å²) in [4.78, 5) is 20.3. The van der Waals surface area contributed by atoms with Crippen molar-refractivity contribution < 1.29 is 9.90 Å². The lowest BCUT2D eigenvalue weighted by Crippen LogP contribution is -2.14. The van der Waals surface area contributed by atoms with E-state index in [2.05, 4.69) is 15.3 Å². The van der Waals surface area contributed by atoms with E-state index in [0.29, 0.717) is 16.8 Å². The first-order valence-corrected chi connectivity index (χ1v) is 9.14. The summed E-state index contributed by atoms with van der Waals surface area (Å²) in [6.45, 7) is 0.513. The number of carbonyl (C=O) groups excluding carboxylic acids is 1. The van der Waals surface area contributed by atoms with Crippen LogP contribution in [0.15, 0.2) is 53.3 Å². The van der Waals surface area contributed by atoms with E-state index in [1.165, 1.54) is 23.1 Å². The Bertz CT molecular complexity index is 788. The topological polar surface area (TPSA) is 80.0 Å². The van der Waals surface area contributed by atoms with Gasteiger partial charge in [-0.1, -0.05) is 42.1 Å². The van der Waals surface area contributed by atoms with Gasteiger partial charge >= 0.3 is 0 Å². The number of imidazole rings is 1. The van der Waals surface area contributed by atoms with Crippen LogP contribution >= 0.6 is 23.1 Å². The summed E-state index contributed by atoms with van der Waals surface area (Å²) in [7, 11) is 0. The number of anilines is 1. The number of thioether (sulfide) groups is 1. The lowest BCUT2D eigenvalue weighted by atomic mass is 10.2. The second kappa shape index (κ2) is 8.09. The smallest absolute Gasteiger partial charge is 0.236 e. The number of rotatable bonds is 7. The molecule has 2 aromatic heterocycles. The van der Waals surface area contributed by atoms with Crippen molar-refractivity contribution in [1.82, 2.24) is 14.5 Å². The first-order chi connectivity index (χ1) is 11.8. The number of aliphatic hydroxyl groups excluding tert-OH is 1. The van der Waals surface area contributed by atoms with Gasteiger partial charge in [-0.2, -0.15) is 0 Å². The summed E-state index contributed by atoms with van der Waals surface area (Å²) in [6, 6.07) is 9.94. The Balaban J connectivity index is 1.67. The summed E-state index contributed by atoms with van der Waals surface area (Å²) in [6.07, 6.45) is 3.29. The molecular weight excluding hydrogens is 344 g/mol. The molecule has 24 heavy (non-hydrogen) atoms. The highest BCUT2D eigenvalue weighted by molar-refractivity contribution is 7.99. The molecular formula is C16H16N4O2S2. The zero-order valence-electron chi connectivity index (χ0n) is 12.8. The Labute approximate surface area is 147 Å². The fourth-order valence-electron chi connectivity index (χ4n) is 2.14. The molecule has 0 aliphatic rings. The highest BCUT2D eigenvalue weighted by atomic mass is 32.2. The van der Waals surface area contributed by atoms with Crippen LogP contribution in [-0.4, -0.2) is 31.3 Å². The summed E-state index contributed by atoms with van der Waals surface area (Å²) in [5.74, 6) is 0.103. The minimum absolute atomic E-state index is 0.0916. The van der Waals surface area contributed by atoms with Gasteiger partial charge in [-0.05, 0) is 5.56 Å². The zero-order chi connectivity index (χ0) is 16.8. The minimum atomic E-state index is -0.130. The zero-order valence-corrected chi connectivity index (χ0v) is 14.4. The van der Waals surface area contributed by atoms with Crippen LogP contribution in [0.5, 0.6) is 0 Å². The Hall–Kier alpha value is -2.16. The molecule has 6 nitrogen and oxygen atoms in total. The molecule has 0 bridgehead atoms. The van der Waals surface area contributed by atoms with Crippen molar-refractivity contribution in [2.24, 2.45) is 0 Å². The van der Waals surface area contributed by atoms with E-state index < -0.39 is 0 Å². The number of hydrogen-bond acceptors (Lipinski definition) is 6. The van der Waals surface area contributed by atoms with Crippen LogP contribution in [-0.2, 0) is 17.9 Å². The lowest BCUT2D eigenvalue weighted by molar-refractivity contribution is -0.113. The fourth-order valence-corrected chi connectivity index (χ4v) is 3.48. The number of hydrogen-bond donors (Lipinski definition) is 2. The predicted molar refractivity (Wildman–Crippen MR) is 95.2 cm³/mol. The molecule has 3 rings (SSSR count). The van der Waals surface area contributed by atoms with Crippen molar-refractivity contribution in [3.8, 4) is 0 Å². The molecule has 0 unspecified atom stereocenters. The number of benzene rings is 1. The van der Waals surface area contributed by atoms with Crippen LogP contribution in [0, 0.1) is 0 Å². The first kappa shape index (κ1) is 16.7. The molecule has 0 atom stereocenters. The van der Waals surface area contributed by atoms with E-state index in [0.717, 1.165) is 11.3 Å². The van der Waals surface area contributed by atoms with Crippen LogP contribution in [0.25, 0.3) is 0 Å². The van der Waals surface area contributed by atoms with Gasteiger partial charge in [-0.15, -0.1) is 11.3 Å². The van der Waals surface area contributed by atoms with E-state index in [-0.39, 0.29) is 18.3 Å². The summed E-state index contributed by atoms with van der Waals surface area (Å²) in [5, 5.41) is 15.3. The van der Waals surface area contributed by atoms with Gasteiger partial charge in [-0.3, -0.25) is 4.79 Å². The molecule has 0 aliphatic heterocycles. The Morgan fingerprint density at radius 1 is 1.29 bits per heavy atom. The van der Waals surface area contributed by atoms with E-state index in [1.807, 2.05) is 40.3 Å². The number of nitrogens with zero attached hydrogens (tertiary/aromatic N) is 3. The van der Waals surface area contributed by atoms with E-state index in [9.17, 15) is 9.90 Å². The van der Waals surface area contributed by atoms with Gasteiger partial charge in [0.2, 0.25) is 5.91 Å². The number of aliphatic hydroxyl groups is 1. The van der Waals surface area contributed by atoms with Crippen LogP contribution in [0.1, 0.15) is 11.3 Å². The third kappa shape index (κ3) is 4.22. The normalized spacial score (nSPS) is 10.7. The van der Waals surface area contributed by atoms with E-state index in [1.54, 1.807) is 12.4 Å². The number of aromatic nitrogens is 3. The summed E-state index contributed by atoms with van der Waals surface area (Å²) >= 11 is 2.72. The quantitative estimate of drug-likeness (QED) is 0.633. The fraction of sp³-hybridized carbons (Fsp3) is 0.188. The molecule has 2 N–H and O–H groups in total. The molecule has 1 amide bonds. The standard InChI is InChI=1S/C16H16N4O2S2/c21-10-13-8-18-16(20(13)9-12-4-2-1-3-5-12)24-11-14(22)19-15-17-6-7-23-15/h1-8,21H,9-11H2,(H,17,19,22). The van der Waals surface area contributed by atoms with Crippen molar-refractivity contribution >= 4 is 34.1 Å². The lowest BCUT2D eigenvalue weighted by Gasteiger charge is -2.10. The van der Waals surface area contributed by atoms with Crippen molar-refractivity contribution in [3.05, 3.63) is 59.4 Å². The van der Waals surface area contributed by atoms with Crippen LogP contribution in [0.2, 0.25) is 0 Å². The molecule has 124 valence electrons. The monoisotopic (exact) mass is 360 g/mol. The molecule has 0 saturated heterocycles. The average molecular weight is 360 g/mol. The van der Waals surface area contributed by atoms with Gasteiger partial charge in [0.25, 0.3) is 0 Å². The Morgan fingerprint density at radius 2 is 2.12 bits per heavy atom. The van der Waals surface area contributed by atoms with Crippen LogP contribution in [0.4, 0.5) is 5.13 Å². The van der Waals surface area contributed by atoms with Crippen molar-refractivity contribution in [2.45, 2.75) is 18.3 Å². The molecule has 0 radical (unpaired) electrons. The SMILES string of the molecule is O=C(CSc1ncc(CO)n1Cc1ccccc1)Nc1nccs1. The minimum Gasteiger partial charge on any atom is -0.390 e. The van der Waals surface area contributed by atoms with Gasteiger partial charge < -0.3 is 15.0 Å². The maximum Gasteiger partial charge on any atom is 0.236 e. The molecule has 0 saturated carbocycles. The molecule has 0 fully saturated rings. The number of thiazole rings is 1. The highest BCUT2D eigenvalue weighted by Crippen LogP contribution is 2.21. The van der Waals surface area contributed by atoms with Gasteiger partial charge in [0, 0.05) is 18.1 Å². The van der Waals surface area contributed by atoms with Gasteiger partial charge in [-0.25, -0.2) is 9.97 Å². The maximum absolute atomic E-state index is 12.0. The van der Waals surface area contributed by atoms with E-state index >= 15 is 0 Å². The molecule has 0 spiro atoms. The predicted octanol–water partition coefficient (Wildman–Crippen LogP) is 2.61. The molecule has 3 aromatic rings. The number of amides is 1. The largest absolute Gasteiger partial charge is 0.390 e. The van der Waals surface area contributed by atoms with Crippen LogP contribution in [0.3, 0.4) is 0 Å². The summed E-state index contributed by atoms with van der Waals surface area (Å²) in [5.41, 5.74) is 1.83. The van der Waals surface area contributed by atoms with Crippen molar-refractivity contribution in [1.29, 1.82) is 0 Å². The second-order valence-corrected chi connectivity index (χ2v) is 6.77. The Morgan fingerprint density at radius 3 is 2.83 bits per heavy atom. The Kier molecular flexibility index (Phi) is 5.63. The molecule has 8 heteroatoms. The molecule has 0 aliphatic carbocycles. The van der Waals surface area contributed by atoms with Gasteiger partial charge in [0.05, 0.1) is 24.3 Å². The third-order valence-electron chi connectivity index (χ3n) is 3.26. The number of carbonyl (C=O) groups is 1.